The van der Waals surface area contributed by atoms with E-state index in [9.17, 15) is 41.0 Å². The second-order valence-electron chi connectivity index (χ2n) is 15.0. The van der Waals surface area contributed by atoms with Crippen LogP contribution in [0.4, 0.5) is 26.3 Å². The predicted molar refractivity (Wildman–Crippen MR) is 194 cm³/mol. The Bertz CT molecular complexity index is 1820. The van der Waals surface area contributed by atoms with Crippen LogP contribution in [-0.2, 0) is 31.4 Å². The van der Waals surface area contributed by atoms with Gasteiger partial charge in [0.05, 0.1) is 29.2 Å². The maximum absolute atomic E-state index is 15.0. The molecule has 10 nitrogen and oxygen atoms in total. The number of carbonyl (C=O) groups excluding carboxylic acids is 2. The zero-order valence-corrected chi connectivity index (χ0v) is 32.5. The number of amides is 2. The lowest BCUT2D eigenvalue weighted by Gasteiger charge is -2.51. The third kappa shape index (κ3) is 8.88. The van der Waals surface area contributed by atoms with Crippen LogP contribution in [0.2, 0.25) is 0 Å². The lowest BCUT2D eigenvalue weighted by Crippen LogP contribution is -2.69. The maximum Gasteiger partial charge on any atom is 0.425 e. The van der Waals surface area contributed by atoms with Gasteiger partial charge < -0.3 is 29.1 Å². The molecule has 0 bridgehead atoms. The SMILES string of the molecule is CCCC1N(C(=O)c2ncccc2C(F)(F)F)CCCC1(Oc1csc(C(F)(F)F)c1)C(=O)N1CCC(OC)(C2=C(OCCC(C)(C)C(=O)O)C=CCC2)CC1. The predicted octanol–water partition coefficient (Wildman–Crippen LogP) is 8.53. The number of hydrogen-bond donors (Lipinski definition) is 1. The van der Waals surface area contributed by atoms with Crippen LogP contribution < -0.4 is 4.74 Å². The van der Waals surface area contributed by atoms with Crippen LogP contribution in [0, 0.1) is 5.41 Å². The Morgan fingerprint density at radius 3 is 2.38 bits per heavy atom. The number of thiophene rings is 1. The zero-order valence-electron chi connectivity index (χ0n) is 31.7. The van der Waals surface area contributed by atoms with Crippen molar-refractivity contribution in [2.75, 3.05) is 33.4 Å². The number of carboxylic acid groups (broad SMARTS) is 1. The number of aliphatic carboxylic acids is 1. The summed E-state index contributed by atoms with van der Waals surface area (Å²) in [6.45, 7) is 5.34. The molecular formula is C39H47F6N3O7S. The molecule has 3 aliphatic rings. The van der Waals surface area contributed by atoms with Crippen LogP contribution in [0.1, 0.15) is 99.5 Å². The van der Waals surface area contributed by atoms with E-state index in [4.69, 9.17) is 14.2 Å². The molecule has 2 saturated heterocycles. The molecule has 2 aromatic heterocycles. The highest BCUT2D eigenvalue weighted by atomic mass is 32.1. The Labute approximate surface area is 325 Å². The Balaban J connectivity index is 1.49. The number of likely N-dealkylation sites (tertiary alicyclic amines) is 2. The van der Waals surface area contributed by atoms with Crippen LogP contribution in [0.3, 0.4) is 0 Å². The first kappa shape index (κ1) is 43.0. The van der Waals surface area contributed by atoms with E-state index in [0.717, 1.165) is 40.2 Å². The molecule has 0 saturated carbocycles. The monoisotopic (exact) mass is 815 g/mol. The molecule has 2 amide bonds. The van der Waals surface area contributed by atoms with Crippen molar-refractivity contribution in [3.63, 3.8) is 0 Å². The fourth-order valence-electron chi connectivity index (χ4n) is 7.80. The molecule has 1 N–H and O–H groups in total. The molecule has 2 atom stereocenters. The summed E-state index contributed by atoms with van der Waals surface area (Å²) in [6, 6.07) is 1.45. The summed E-state index contributed by atoms with van der Waals surface area (Å²) in [7, 11) is 1.56. The topological polar surface area (TPSA) is 119 Å². The standard InChI is InChI=1S/C39H47F6N3O7S/c1-5-10-29-37(55-25-23-30(56-24-25)39(43,44)45,14-9-19-48(29)32(49)31-27(38(40,41)42)12-8-18-46-31)33(50)47-20-15-36(53-4,16-21-47)26-11-6-7-13-28(26)54-22-17-35(2,3)34(51)52/h7-8,12-13,18,23-24,29H,5-6,9-11,14-17,19-22H2,1-4H3,(H,51,52). The van der Waals surface area contributed by atoms with E-state index >= 15 is 4.79 Å². The van der Waals surface area contributed by atoms with E-state index in [1.807, 2.05) is 12.2 Å². The molecule has 1 aliphatic carbocycles. The number of rotatable bonds is 13. The molecule has 0 spiro atoms. The van der Waals surface area contributed by atoms with Crippen molar-refractivity contribution in [1.82, 2.24) is 14.8 Å². The molecule has 5 rings (SSSR count). The fraction of sp³-hybridized carbons (Fsp3) is 0.590. The Hall–Kier alpha value is -4.12. The second-order valence-corrected chi connectivity index (χ2v) is 15.9. The van der Waals surface area contributed by atoms with E-state index in [1.54, 1.807) is 27.9 Å². The van der Waals surface area contributed by atoms with Crippen LogP contribution in [0.15, 0.2) is 53.3 Å². The summed E-state index contributed by atoms with van der Waals surface area (Å²) in [4.78, 5) is 46.3. The summed E-state index contributed by atoms with van der Waals surface area (Å²) in [5.74, 6) is -2.29. The van der Waals surface area contributed by atoms with Gasteiger partial charge in [0.1, 0.15) is 22.1 Å². The van der Waals surface area contributed by atoms with Gasteiger partial charge in [-0.3, -0.25) is 19.4 Å². The lowest BCUT2D eigenvalue weighted by atomic mass is 9.77. The number of carbonyl (C=O) groups is 3. The van der Waals surface area contributed by atoms with Crippen LogP contribution in [-0.4, -0.2) is 88.3 Å². The molecule has 0 aromatic carbocycles. The van der Waals surface area contributed by atoms with Gasteiger partial charge in [0.2, 0.25) is 5.60 Å². The second kappa shape index (κ2) is 16.8. The van der Waals surface area contributed by atoms with Crippen molar-refractivity contribution in [3.8, 4) is 5.75 Å². The van der Waals surface area contributed by atoms with Gasteiger partial charge in [0.25, 0.3) is 11.8 Å². The molecule has 17 heteroatoms. The van der Waals surface area contributed by atoms with Gasteiger partial charge in [0.15, 0.2) is 0 Å². The number of allylic oxidation sites excluding steroid dienone is 2. The van der Waals surface area contributed by atoms with Crippen molar-refractivity contribution in [2.45, 2.75) is 108 Å². The quantitative estimate of drug-likeness (QED) is 0.200. The molecule has 56 heavy (non-hydrogen) atoms. The van der Waals surface area contributed by atoms with Crippen molar-refractivity contribution in [3.05, 3.63) is 69.4 Å². The first-order chi connectivity index (χ1) is 26.3. The van der Waals surface area contributed by atoms with Crippen molar-refractivity contribution >= 4 is 29.1 Å². The summed E-state index contributed by atoms with van der Waals surface area (Å²) in [5.41, 5.74) is -5.06. The average molecular weight is 816 g/mol. The number of ether oxygens (including phenoxy) is 3. The minimum atomic E-state index is -4.91. The third-order valence-electron chi connectivity index (χ3n) is 11.0. The molecule has 2 aromatic rings. The van der Waals surface area contributed by atoms with Gasteiger partial charge in [0, 0.05) is 56.4 Å². The molecule has 2 aliphatic heterocycles. The highest BCUT2D eigenvalue weighted by molar-refractivity contribution is 7.10. The van der Waals surface area contributed by atoms with E-state index in [1.165, 1.54) is 4.90 Å². The van der Waals surface area contributed by atoms with Gasteiger partial charge in [-0.15, -0.1) is 11.3 Å². The number of halogens is 6. The molecule has 4 heterocycles. The first-order valence-electron chi connectivity index (χ1n) is 18.6. The van der Waals surface area contributed by atoms with Gasteiger partial charge in [-0.2, -0.15) is 26.3 Å². The number of hydrogen-bond acceptors (Lipinski definition) is 8. The van der Waals surface area contributed by atoms with Gasteiger partial charge in [-0.1, -0.05) is 19.4 Å². The van der Waals surface area contributed by atoms with Gasteiger partial charge in [-0.05, 0) is 77.0 Å². The summed E-state index contributed by atoms with van der Waals surface area (Å²) in [5, 5.41) is 10.7. The van der Waals surface area contributed by atoms with Crippen molar-refractivity contribution in [1.29, 1.82) is 0 Å². The number of piperidine rings is 2. The highest BCUT2D eigenvalue weighted by Gasteiger charge is 2.57. The Morgan fingerprint density at radius 1 is 1.05 bits per heavy atom. The average Bonchev–Trinajstić information content (AvgIpc) is 3.64. The van der Waals surface area contributed by atoms with Crippen LogP contribution in [0.5, 0.6) is 5.75 Å². The molecule has 308 valence electrons. The minimum Gasteiger partial charge on any atom is -0.494 e. The number of alkyl halides is 6. The number of nitrogens with zero attached hydrogens (tertiary/aromatic N) is 3. The van der Waals surface area contributed by atoms with Gasteiger partial charge in [-0.25, -0.2) is 0 Å². The molecule has 2 fully saturated rings. The summed E-state index contributed by atoms with van der Waals surface area (Å²) >= 11 is 0.383. The van der Waals surface area contributed by atoms with Crippen molar-refractivity contribution in [2.24, 2.45) is 5.41 Å². The molecule has 0 radical (unpaired) electrons. The van der Waals surface area contributed by atoms with Crippen LogP contribution >= 0.6 is 11.3 Å². The lowest BCUT2D eigenvalue weighted by molar-refractivity contribution is -0.163. The smallest absolute Gasteiger partial charge is 0.425 e. The normalized spacial score (nSPS) is 21.9. The van der Waals surface area contributed by atoms with Crippen molar-refractivity contribution < 1.29 is 60.0 Å². The maximum atomic E-state index is 15.0. The van der Waals surface area contributed by atoms with Gasteiger partial charge >= 0.3 is 18.3 Å². The Morgan fingerprint density at radius 2 is 1.77 bits per heavy atom. The summed E-state index contributed by atoms with van der Waals surface area (Å²) in [6.07, 6.45) is -2.07. The van der Waals surface area contributed by atoms with Crippen LogP contribution in [0.25, 0.3) is 0 Å². The number of carboxylic acids is 1. The van der Waals surface area contributed by atoms with E-state index in [2.05, 4.69) is 4.98 Å². The number of methoxy groups -OCH3 is 1. The Kier molecular flexibility index (Phi) is 12.9. The molecule has 2 unspecified atom stereocenters. The highest BCUT2D eigenvalue weighted by Crippen LogP contribution is 2.45. The zero-order chi connectivity index (χ0) is 41.1. The number of pyridine rings is 1. The first-order valence-corrected chi connectivity index (χ1v) is 19.5. The minimum absolute atomic E-state index is 0.0155. The third-order valence-corrected chi connectivity index (χ3v) is 12.0. The fourth-order valence-corrected chi connectivity index (χ4v) is 8.47. The molecular weight excluding hydrogens is 768 g/mol. The largest absolute Gasteiger partial charge is 0.494 e. The number of aromatic nitrogens is 1. The summed E-state index contributed by atoms with van der Waals surface area (Å²) < 4.78 is 102. The van der Waals surface area contributed by atoms with E-state index < -0.39 is 68.9 Å². The van der Waals surface area contributed by atoms with E-state index in [0.29, 0.717) is 49.2 Å². The van der Waals surface area contributed by atoms with E-state index in [-0.39, 0.29) is 57.7 Å².